The van der Waals surface area contributed by atoms with Crippen molar-refractivity contribution in [3.8, 4) is 0 Å². The number of fused-ring (bicyclic) bond motifs is 1. The van der Waals surface area contributed by atoms with Gasteiger partial charge in [-0.15, -0.1) is 0 Å². The van der Waals surface area contributed by atoms with E-state index in [9.17, 15) is 9.90 Å². The molecular formula is C16H18N2O2. The van der Waals surface area contributed by atoms with E-state index in [1.807, 2.05) is 12.1 Å². The molecule has 3 rings (SSSR count). The zero-order valence-electron chi connectivity index (χ0n) is 11.3. The van der Waals surface area contributed by atoms with Gasteiger partial charge in [-0.1, -0.05) is 30.3 Å². The third-order valence-electron chi connectivity index (χ3n) is 3.96. The van der Waals surface area contributed by atoms with Crippen LogP contribution in [0.3, 0.4) is 0 Å². The van der Waals surface area contributed by atoms with Crippen LogP contribution >= 0.6 is 0 Å². The van der Waals surface area contributed by atoms with Gasteiger partial charge in [-0.2, -0.15) is 0 Å². The molecule has 1 fully saturated rings. The van der Waals surface area contributed by atoms with Crippen molar-refractivity contribution in [1.29, 1.82) is 0 Å². The molecule has 2 aromatic carbocycles. The van der Waals surface area contributed by atoms with Crippen LogP contribution in [-0.2, 0) is 4.79 Å². The number of aliphatic carboxylic acids is 1. The highest BCUT2D eigenvalue weighted by Gasteiger charge is 2.20. The van der Waals surface area contributed by atoms with Gasteiger partial charge >= 0.3 is 0 Å². The third kappa shape index (κ3) is 2.75. The van der Waals surface area contributed by atoms with Crippen LogP contribution < -0.4 is 14.9 Å². The molecule has 0 spiro atoms. The van der Waals surface area contributed by atoms with Crippen LogP contribution in [0.5, 0.6) is 0 Å². The van der Waals surface area contributed by atoms with Crippen molar-refractivity contribution in [2.45, 2.75) is 0 Å². The maximum atomic E-state index is 10.6. The molecule has 0 radical (unpaired) electrons. The Kier molecular flexibility index (Phi) is 3.56. The number of piperazine rings is 1. The Morgan fingerprint density at radius 3 is 2.50 bits per heavy atom. The Morgan fingerprint density at radius 1 is 1.10 bits per heavy atom. The number of hydrogen-bond donors (Lipinski definition) is 1. The van der Waals surface area contributed by atoms with Crippen molar-refractivity contribution in [2.75, 3.05) is 37.6 Å². The second kappa shape index (κ2) is 5.51. The zero-order valence-corrected chi connectivity index (χ0v) is 11.3. The highest BCUT2D eigenvalue weighted by atomic mass is 16.4. The average molecular weight is 270 g/mol. The van der Waals surface area contributed by atoms with Crippen LogP contribution in [0.25, 0.3) is 10.8 Å². The van der Waals surface area contributed by atoms with Crippen molar-refractivity contribution < 1.29 is 14.8 Å². The summed E-state index contributed by atoms with van der Waals surface area (Å²) in [5, 5.41) is 13.1. The molecule has 4 heteroatoms. The second-order valence-corrected chi connectivity index (χ2v) is 5.32. The van der Waals surface area contributed by atoms with Crippen molar-refractivity contribution >= 4 is 22.4 Å². The van der Waals surface area contributed by atoms with Crippen LogP contribution in [0.15, 0.2) is 42.5 Å². The average Bonchev–Trinajstić information content (AvgIpc) is 2.47. The van der Waals surface area contributed by atoms with Gasteiger partial charge in [-0.05, 0) is 22.9 Å². The molecule has 1 N–H and O–H groups in total. The van der Waals surface area contributed by atoms with E-state index in [1.54, 1.807) is 0 Å². The van der Waals surface area contributed by atoms with E-state index in [0.717, 1.165) is 31.1 Å². The van der Waals surface area contributed by atoms with Crippen LogP contribution in [0, 0.1) is 0 Å². The predicted molar refractivity (Wildman–Crippen MR) is 76.7 cm³/mol. The molecule has 104 valence electrons. The highest BCUT2D eigenvalue weighted by Crippen LogP contribution is 2.21. The summed E-state index contributed by atoms with van der Waals surface area (Å²) < 4.78 is 0. The minimum absolute atomic E-state index is 0.117. The zero-order chi connectivity index (χ0) is 13.9. The molecule has 0 aliphatic carbocycles. The van der Waals surface area contributed by atoms with Gasteiger partial charge in [0.25, 0.3) is 0 Å². The summed E-state index contributed by atoms with van der Waals surface area (Å²) in [6.07, 6.45) is 0. The molecule has 2 aromatic rings. The first-order chi connectivity index (χ1) is 9.72. The molecular weight excluding hydrogens is 252 g/mol. The largest absolute Gasteiger partial charge is 0.544 e. The molecule has 20 heavy (non-hydrogen) atoms. The standard InChI is InChI=1S/C16H18N2O2/c19-16(20)12-17-7-9-18(10-8-17)15-6-5-13-3-1-2-4-14(13)11-15/h1-6,11H,7-10,12H2,(H,19,20). The number of benzene rings is 2. The Bertz CT molecular complexity index is 619. The van der Waals surface area contributed by atoms with E-state index < -0.39 is 5.97 Å². The van der Waals surface area contributed by atoms with E-state index in [2.05, 4.69) is 35.2 Å². The molecule has 0 amide bonds. The van der Waals surface area contributed by atoms with Gasteiger partial charge in [0.1, 0.15) is 6.54 Å². The minimum Gasteiger partial charge on any atom is -0.544 e. The maximum absolute atomic E-state index is 10.6. The minimum atomic E-state index is -0.959. The molecule has 1 saturated heterocycles. The van der Waals surface area contributed by atoms with Crippen LogP contribution in [0.2, 0.25) is 0 Å². The molecule has 0 saturated carbocycles. The number of quaternary nitrogens is 1. The third-order valence-corrected chi connectivity index (χ3v) is 3.96. The monoisotopic (exact) mass is 270 g/mol. The summed E-state index contributed by atoms with van der Waals surface area (Å²) in [6.45, 7) is 3.59. The number of carboxylic acid groups (broad SMARTS) is 1. The number of carboxylic acids is 1. The number of carbonyl (C=O) groups excluding carboxylic acids is 1. The molecule has 0 aromatic heterocycles. The Hall–Kier alpha value is -2.07. The summed E-state index contributed by atoms with van der Waals surface area (Å²) >= 11 is 0. The van der Waals surface area contributed by atoms with Gasteiger partial charge in [-0.3, -0.25) is 0 Å². The molecule has 0 bridgehead atoms. The fourth-order valence-electron chi connectivity index (χ4n) is 2.84. The predicted octanol–water partition coefficient (Wildman–Crippen LogP) is -0.705. The van der Waals surface area contributed by atoms with Crippen molar-refractivity contribution in [2.24, 2.45) is 0 Å². The first kappa shape index (κ1) is 12.9. The Labute approximate surface area is 118 Å². The van der Waals surface area contributed by atoms with Crippen molar-refractivity contribution in [3.05, 3.63) is 42.5 Å². The summed E-state index contributed by atoms with van der Waals surface area (Å²) in [7, 11) is 0. The lowest BCUT2D eigenvalue weighted by atomic mass is 10.1. The van der Waals surface area contributed by atoms with Gasteiger partial charge in [0.05, 0.1) is 32.1 Å². The van der Waals surface area contributed by atoms with E-state index >= 15 is 0 Å². The number of anilines is 1. The van der Waals surface area contributed by atoms with Crippen LogP contribution in [0.1, 0.15) is 0 Å². The number of nitrogens with zero attached hydrogens (tertiary/aromatic N) is 1. The molecule has 0 unspecified atom stereocenters. The van der Waals surface area contributed by atoms with Gasteiger partial charge in [0.2, 0.25) is 0 Å². The molecule has 1 heterocycles. The number of nitrogens with one attached hydrogen (secondary N) is 1. The molecule has 1 aliphatic heterocycles. The van der Waals surface area contributed by atoms with E-state index in [0.29, 0.717) is 0 Å². The fourth-order valence-corrected chi connectivity index (χ4v) is 2.84. The Balaban J connectivity index is 1.71. The van der Waals surface area contributed by atoms with Gasteiger partial charge < -0.3 is 19.7 Å². The molecule has 1 aliphatic rings. The van der Waals surface area contributed by atoms with Crippen LogP contribution in [0.4, 0.5) is 5.69 Å². The summed E-state index contributed by atoms with van der Waals surface area (Å²) in [5.74, 6) is -0.959. The second-order valence-electron chi connectivity index (χ2n) is 5.32. The lowest BCUT2D eigenvalue weighted by Gasteiger charge is -2.33. The highest BCUT2D eigenvalue weighted by molar-refractivity contribution is 5.85. The maximum Gasteiger partial charge on any atom is 0.117 e. The summed E-state index contributed by atoms with van der Waals surface area (Å²) in [5.41, 5.74) is 1.22. The SMILES string of the molecule is O=C([O-])C[NH+]1CCN(c2ccc3ccccc3c2)CC1. The summed E-state index contributed by atoms with van der Waals surface area (Å²) in [6, 6.07) is 14.8. The molecule has 4 nitrogen and oxygen atoms in total. The van der Waals surface area contributed by atoms with Crippen molar-refractivity contribution in [3.63, 3.8) is 0 Å². The quantitative estimate of drug-likeness (QED) is 0.802. The first-order valence-corrected chi connectivity index (χ1v) is 6.99. The van der Waals surface area contributed by atoms with E-state index in [4.69, 9.17) is 0 Å². The number of carbonyl (C=O) groups is 1. The normalized spacial score (nSPS) is 16.5. The molecule has 0 atom stereocenters. The van der Waals surface area contributed by atoms with Crippen LogP contribution in [-0.4, -0.2) is 38.7 Å². The van der Waals surface area contributed by atoms with E-state index in [1.165, 1.54) is 16.5 Å². The first-order valence-electron chi connectivity index (χ1n) is 6.99. The lowest BCUT2D eigenvalue weighted by Crippen LogP contribution is -3.16. The summed E-state index contributed by atoms with van der Waals surface area (Å²) in [4.78, 5) is 14.0. The fraction of sp³-hybridized carbons (Fsp3) is 0.312. The van der Waals surface area contributed by atoms with E-state index in [-0.39, 0.29) is 6.54 Å². The van der Waals surface area contributed by atoms with Gasteiger partial charge in [0, 0.05) is 5.69 Å². The number of rotatable bonds is 3. The topological polar surface area (TPSA) is 47.8 Å². The van der Waals surface area contributed by atoms with Crippen molar-refractivity contribution in [1.82, 2.24) is 0 Å². The lowest BCUT2D eigenvalue weighted by molar-refractivity contribution is -0.894. The smallest absolute Gasteiger partial charge is 0.117 e. The Morgan fingerprint density at radius 2 is 1.80 bits per heavy atom. The van der Waals surface area contributed by atoms with Gasteiger partial charge in [-0.25, -0.2) is 0 Å². The number of hydrogen-bond acceptors (Lipinski definition) is 3. The van der Waals surface area contributed by atoms with Gasteiger partial charge in [0.15, 0.2) is 0 Å².